The minimum absolute atomic E-state index is 0.212. The van der Waals surface area contributed by atoms with Gasteiger partial charge in [-0.05, 0) is 44.0 Å². The Morgan fingerprint density at radius 3 is 2.70 bits per heavy atom. The van der Waals surface area contributed by atoms with Gasteiger partial charge in [-0.15, -0.1) is 0 Å². The first kappa shape index (κ1) is 14.0. The molecule has 0 atom stereocenters. The molecule has 0 fully saturated rings. The number of nitrogens with zero attached hydrogens (tertiary/aromatic N) is 2. The van der Waals surface area contributed by atoms with Crippen LogP contribution in [0.2, 0.25) is 0 Å². The quantitative estimate of drug-likeness (QED) is 0.930. The van der Waals surface area contributed by atoms with Crippen LogP contribution >= 0.6 is 0 Å². The molecule has 0 saturated carbocycles. The largest absolute Gasteiger partial charge is 0.320 e. The van der Waals surface area contributed by atoms with E-state index in [4.69, 9.17) is 0 Å². The van der Waals surface area contributed by atoms with Crippen LogP contribution in [0.4, 0.5) is 5.69 Å². The van der Waals surface area contributed by atoms with Gasteiger partial charge < -0.3 is 5.32 Å². The standard InChI is InChI=1S/C15H17N3O2/c1-4-18-14(19)8-7-12(17-18)15(20)16-13-9-10(2)5-6-11(13)3/h5-9H,4H2,1-3H3,(H,16,20). The fourth-order valence-electron chi connectivity index (χ4n) is 1.85. The monoisotopic (exact) mass is 271 g/mol. The number of aromatic nitrogens is 2. The molecule has 0 unspecified atom stereocenters. The van der Waals surface area contributed by atoms with Gasteiger partial charge in [-0.2, -0.15) is 5.10 Å². The molecule has 2 rings (SSSR count). The van der Waals surface area contributed by atoms with Crippen LogP contribution in [0, 0.1) is 13.8 Å². The van der Waals surface area contributed by atoms with Crippen molar-refractivity contribution in [3.05, 3.63) is 57.5 Å². The fraction of sp³-hybridized carbons (Fsp3) is 0.267. The lowest BCUT2D eigenvalue weighted by atomic mass is 10.1. The zero-order valence-electron chi connectivity index (χ0n) is 11.8. The summed E-state index contributed by atoms with van der Waals surface area (Å²) in [5.74, 6) is -0.319. The summed E-state index contributed by atoms with van der Waals surface area (Å²) in [6.07, 6.45) is 0. The molecule has 0 radical (unpaired) electrons. The summed E-state index contributed by atoms with van der Waals surface area (Å²) in [5.41, 5.74) is 2.82. The van der Waals surface area contributed by atoms with Crippen molar-refractivity contribution in [3.63, 3.8) is 0 Å². The van der Waals surface area contributed by atoms with Crippen LogP contribution in [-0.2, 0) is 6.54 Å². The van der Waals surface area contributed by atoms with Gasteiger partial charge in [0.15, 0.2) is 0 Å². The van der Waals surface area contributed by atoms with E-state index in [0.717, 1.165) is 16.8 Å². The zero-order chi connectivity index (χ0) is 14.7. The third-order valence-electron chi connectivity index (χ3n) is 3.04. The number of carbonyl (C=O) groups excluding carboxylic acids is 1. The fourth-order valence-corrected chi connectivity index (χ4v) is 1.85. The van der Waals surface area contributed by atoms with Crippen LogP contribution in [0.5, 0.6) is 0 Å². The number of amides is 1. The van der Waals surface area contributed by atoms with E-state index in [1.165, 1.54) is 16.8 Å². The molecule has 0 spiro atoms. The molecule has 1 amide bonds. The molecule has 1 N–H and O–H groups in total. The third kappa shape index (κ3) is 2.93. The van der Waals surface area contributed by atoms with Crippen molar-refractivity contribution >= 4 is 11.6 Å². The van der Waals surface area contributed by atoms with Crippen LogP contribution in [0.15, 0.2) is 35.1 Å². The molecule has 0 saturated heterocycles. The number of hydrogen-bond acceptors (Lipinski definition) is 3. The van der Waals surface area contributed by atoms with Crippen molar-refractivity contribution < 1.29 is 4.79 Å². The minimum Gasteiger partial charge on any atom is -0.320 e. The smallest absolute Gasteiger partial charge is 0.276 e. The maximum absolute atomic E-state index is 12.2. The van der Waals surface area contributed by atoms with E-state index in [9.17, 15) is 9.59 Å². The predicted octanol–water partition coefficient (Wildman–Crippen LogP) is 2.13. The van der Waals surface area contributed by atoms with E-state index in [2.05, 4.69) is 10.4 Å². The Hall–Kier alpha value is -2.43. The topological polar surface area (TPSA) is 64.0 Å². The van der Waals surface area contributed by atoms with Crippen LogP contribution < -0.4 is 10.9 Å². The summed E-state index contributed by atoms with van der Waals surface area (Å²) < 4.78 is 1.26. The van der Waals surface area contributed by atoms with Gasteiger partial charge in [0, 0.05) is 18.3 Å². The molecule has 0 aliphatic carbocycles. The minimum atomic E-state index is -0.319. The second-order valence-electron chi connectivity index (χ2n) is 4.65. The molecule has 1 aromatic heterocycles. The van der Waals surface area contributed by atoms with Crippen molar-refractivity contribution in [2.24, 2.45) is 0 Å². The van der Waals surface area contributed by atoms with Gasteiger partial charge in [-0.25, -0.2) is 4.68 Å². The number of aryl methyl sites for hydroxylation is 3. The van der Waals surface area contributed by atoms with Gasteiger partial charge >= 0.3 is 0 Å². The molecule has 5 heteroatoms. The first-order valence-corrected chi connectivity index (χ1v) is 6.48. The highest BCUT2D eigenvalue weighted by atomic mass is 16.2. The summed E-state index contributed by atoms with van der Waals surface area (Å²) in [6, 6.07) is 8.64. The van der Waals surface area contributed by atoms with Gasteiger partial charge in [-0.3, -0.25) is 9.59 Å². The zero-order valence-corrected chi connectivity index (χ0v) is 11.8. The Morgan fingerprint density at radius 1 is 1.25 bits per heavy atom. The summed E-state index contributed by atoms with van der Waals surface area (Å²) in [4.78, 5) is 23.6. The maximum Gasteiger partial charge on any atom is 0.276 e. The van der Waals surface area contributed by atoms with Gasteiger partial charge in [0.1, 0.15) is 5.69 Å². The lowest BCUT2D eigenvalue weighted by Crippen LogP contribution is -2.25. The number of carbonyl (C=O) groups is 1. The number of anilines is 1. The maximum atomic E-state index is 12.2. The van der Waals surface area contributed by atoms with Crippen molar-refractivity contribution in [1.82, 2.24) is 9.78 Å². The molecule has 20 heavy (non-hydrogen) atoms. The second kappa shape index (κ2) is 5.69. The summed E-state index contributed by atoms with van der Waals surface area (Å²) in [6.45, 7) is 6.13. The van der Waals surface area contributed by atoms with Crippen molar-refractivity contribution in [2.45, 2.75) is 27.3 Å². The van der Waals surface area contributed by atoms with Crippen LogP contribution in [-0.4, -0.2) is 15.7 Å². The molecule has 2 aromatic rings. The van der Waals surface area contributed by atoms with Crippen LogP contribution in [0.1, 0.15) is 28.5 Å². The van der Waals surface area contributed by atoms with E-state index >= 15 is 0 Å². The van der Waals surface area contributed by atoms with E-state index in [1.807, 2.05) is 32.0 Å². The van der Waals surface area contributed by atoms with Gasteiger partial charge in [0.05, 0.1) is 0 Å². The van der Waals surface area contributed by atoms with Gasteiger partial charge in [-0.1, -0.05) is 12.1 Å². The average molecular weight is 271 g/mol. The Bertz CT molecular complexity index is 705. The van der Waals surface area contributed by atoms with E-state index in [0.29, 0.717) is 6.54 Å². The first-order chi connectivity index (χ1) is 9.51. The van der Waals surface area contributed by atoms with E-state index < -0.39 is 0 Å². The molecule has 104 valence electrons. The third-order valence-corrected chi connectivity index (χ3v) is 3.04. The second-order valence-corrected chi connectivity index (χ2v) is 4.65. The number of rotatable bonds is 3. The molecule has 1 heterocycles. The number of nitrogens with one attached hydrogen (secondary N) is 1. The molecular weight excluding hydrogens is 254 g/mol. The summed E-state index contributed by atoms with van der Waals surface area (Å²) in [5, 5.41) is 6.85. The lowest BCUT2D eigenvalue weighted by Gasteiger charge is -2.09. The number of benzene rings is 1. The summed E-state index contributed by atoms with van der Waals surface area (Å²) in [7, 11) is 0. The van der Waals surface area contributed by atoms with Crippen molar-refractivity contribution in [3.8, 4) is 0 Å². The normalized spacial score (nSPS) is 10.3. The van der Waals surface area contributed by atoms with Crippen LogP contribution in [0.3, 0.4) is 0 Å². The molecule has 5 nitrogen and oxygen atoms in total. The predicted molar refractivity (Wildman–Crippen MR) is 78.0 cm³/mol. The highest BCUT2D eigenvalue weighted by molar-refractivity contribution is 6.03. The first-order valence-electron chi connectivity index (χ1n) is 6.48. The molecule has 0 aliphatic heterocycles. The Morgan fingerprint density at radius 2 is 2.00 bits per heavy atom. The highest BCUT2D eigenvalue weighted by Gasteiger charge is 2.10. The van der Waals surface area contributed by atoms with Crippen LogP contribution in [0.25, 0.3) is 0 Å². The molecule has 1 aromatic carbocycles. The SMILES string of the molecule is CCn1nc(C(=O)Nc2cc(C)ccc2C)ccc1=O. The average Bonchev–Trinajstić information content (AvgIpc) is 2.43. The molecule has 0 aliphatic rings. The van der Waals surface area contributed by atoms with E-state index in [1.54, 1.807) is 6.92 Å². The van der Waals surface area contributed by atoms with Crippen molar-refractivity contribution in [1.29, 1.82) is 0 Å². The number of hydrogen-bond donors (Lipinski definition) is 1. The highest BCUT2D eigenvalue weighted by Crippen LogP contribution is 2.16. The molecule has 0 bridgehead atoms. The molecular formula is C15H17N3O2. The van der Waals surface area contributed by atoms with Gasteiger partial charge in [0.25, 0.3) is 11.5 Å². The lowest BCUT2D eigenvalue weighted by molar-refractivity contribution is 0.102. The van der Waals surface area contributed by atoms with Crippen molar-refractivity contribution in [2.75, 3.05) is 5.32 Å². The Kier molecular flexibility index (Phi) is 3.98. The van der Waals surface area contributed by atoms with Gasteiger partial charge in [0.2, 0.25) is 0 Å². The summed E-state index contributed by atoms with van der Waals surface area (Å²) >= 11 is 0. The van der Waals surface area contributed by atoms with E-state index in [-0.39, 0.29) is 17.2 Å². The Balaban J connectivity index is 2.28. The Labute approximate surface area is 117 Å².